The minimum absolute atomic E-state index is 0.0501. The van der Waals surface area contributed by atoms with E-state index in [0.29, 0.717) is 23.4 Å². The molecule has 1 aromatic heterocycles. The fourth-order valence-corrected chi connectivity index (χ4v) is 4.53. The van der Waals surface area contributed by atoms with E-state index in [1.165, 1.54) is 10.7 Å². The molecule has 3 rings (SSSR count). The summed E-state index contributed by atoms with van der Waals surface area (Å²) in [6.45, 7) is 0. The van der Waals surface area contributed by atoms with Gasteiger partial charge in [0, 0.05) is 16.2 Å². The van der Waals surface area contributed by atoms with Crippen molar-refractivity contribution in [1.29, 1.82) is 0 Å². The molecule has 1 saturated heterocycles. The number of nitrogens with two attached hydrogens (primary N) is 1. The van der Waals surface area contributed by atoms with Crippen molar-refractivity contribution in [3.8, 4) is 11.3 Å². The molecule has 0 amide bonds. The van der Waals surface area contributed by atoms with Gasteiger partial charge in [-0.15, -0.1) is 0 Å². The van der Waals surface area contributed by atoms with Crippen molar-refractivity contribution in [2.24, 2.45) is 0 Å². The van der Waals surface area contributed by atoms with Gasteiger partial charge in [-0.1, -0.05) is 15.9 Å². The highest BCUT2D eigenvalue weighted by atomic mass is 79.9. The number of nitrogens with zero attached hydrogens (tertiary/aromatic N) is 2. The van der Waals surface area contributed by atoms with E-state index in [1.54, 1.807) is 18.3 Å². The molecular weight excluding hydrogens is 361 g/mol. The number of rotatable bonds is 2. The van der Waals surface area contributed by atoms with Gasteiger partial charge >= 0.3 is 0 Å². The van der Waals surface area contributed by atoms with E-state index in [2.05, 4.69) is 21.0 Å². The van der Waals surface area contributed by atoms with Crippen molar-refractivity contribution in [3.63, 3.8) is 0 Å². The van der Waals surface area contributed by atoms with E-state index in [4.69, 9.17) is 5.73 Å². The standard InChI is InChI=1S/C13H13BrFN3O2S/c14-8-1-2-11(15)10(5-8)13-12(16)6-18(17-13)9-3-4-21(19,20)7-9/h1-2,5-6,9H,3-4,7,16H2. The lowest BCUT2D eigenvalue weighted by Gasteiger charge is -2.07. The fourth-order valence-electron chi connectivity index (χ4n) is 2.47. The van der Waals surface area contributed by atoms with E-state index in [-0.39, 0.29) is 17.5 Å². The second-order valence-corrected chi connectivity index (χ2v) is 8.24. The second-order valence-electron chi connectivity index (χ2n) is 5.09. The van der Waals surface area contributed by atoms with Crippen LogP contribution < -0.4 is 5.73 Å². The number of benzene rings is 1. The smallest absolute Gasteiger partial charge is 0.152 e. The van der Waals surface area contributed by atoms with Crippen LogP contribution in [0.25, 0.3) is 11.3 Å². The van der Waals surface area contributed by atoms with E-state index < -0.39 is 15.7 Å². The Kier molecular flexibility index (Phi) is 3.53. The average Bonchev–Trinajstić information content (AvgIpc) is 2.95. The van der Waals surface area contributed by atoms with Crippen LogP contribution in [0.2, 0.25) is 0 Å². The molecule has 0 radical (unpaired) electrons. The lowest BCUT2D eigenvalue weighted by molar-refractivity contribution is 0.500. The molecule has 21 heavy (non-hydrogen) atoms. The summed E-state index contributed by atoms with van der Waals surface area (Å²) in [4.78, 5) is 0. The molecule has 0 aliphatic carbocycles. The maximum Gasteiger partial charge on any atom is 0.152 e. The first-order chi connectivity index (χ1) is 9.85. The maximum atomic E-state index is 13.9. The molecule has 1 unspecified atom stereocenters. The Hall–Kier alpha value is -1.41. The summed E-state index contributed by atoms with van der Waals surface area (Å²) in [5, 5.41) is 4.30. The molecule has 0 bridgehead atoms. The van der Waals surface area contributed by atoms with Crippen LogP contribution in [0, 0.1) is 5.82 Å². The molecule has 112 valence electrons. The Morgan fingerprint density at radius 2 is 2.19 bits per heavy atom. The van der Waals surface area contributed by atoms with Crippen LogP contribution in [0.1, 0.15) is 12.5 Å². The lowest BCUT2D eigenvalue weighted by atomic mass is 10.1. The van der Waals surface area contributed by atoms with Gasteiger partial charge in [0.15, 0.2) is 9.84 Å². The predicted molar refractivity (Wildman–Crippen MR) is 82.0 cm³/mol. The third-order valence-corrected chi connectivity index (χ3v) is 5.77. The van der Waals surface area contributed by atoms with Crippen LogP contribution in [-0.2, 0) is 9.84 Å². The second kappa shape index (κ2) is 5.10. The zero-order valence-electron chi connectivity index (χ0n) is 11.0. The van der Waals surface area contributed by atoms with Gasteiger partial charge in [0.2, 0.25) is 0 Å². The normalized spacial score (nSPS) is 20.8. The number of nitrogen functional groups attached to an aromatic ring is 1. The van der Waals surface area contributed by atoms with Gasteiger partial charge in [0.1, 0.15) is 11.5 Å². The molecule has 1 fully saturated rings. The molecule has 0 saturated carbocycles. The van der Waals surface area contributed by atoms with Crippen molar-refractivity contribution in [1.82, 2.24) is 9.78 Å². The highest BCUT2D eigenvalue weighted by Gasteiger charge is 2.30. The van der Waals surface area contributed by atoms with Crippen molar-refractivity contribution in [2.75, 3.05) is 17.2 Å². The SMILES string of the molecule is Nc1cn(C2CCS(=O)(=O)C2)nc1-c1cc(Br)ccc1F. The van der Waals surface area contributed by atoms with E-state index >= 15 is 0 Å². The van der Waals surface area contributed by atoms with Gasteiger partial charge in [-0.25, -0.2) is 12.8 Å². The van der Waals surface area contributed by atoms with Crippen LogP contribution in [0.4, 0.5) is 10.1 Å². The minimum Gasteiger partial charge on any atom is -0.396 e. The number of sulfone groups is 1. The Bertz CT molecular complexity index is 804. The Morgan fingerprint density at radius 3 is 2.86 bits per heavy atom. The van der Waals surface area contributed by atoms with Crippen molar-refractivity contribution in [2.45, 2.75) is 12.5 Å². The van der Waals surface area contributed by atoms with E-state index in [1.807, 2.05) is 0 Å². The summed E-state index contributed by atoms with van der Waals surface area (Å²) in [5.41, 5.74) is 6.87. The third kappa shape index (κ3) is 2.82. The number of halogens is 2. The number of aromatic nitrogens is 2. The van der Waals surface area contributed by atoms with Crippen molar-refractivity contribution < 1.29 is 12.8 Å². The molecular formula is C13H13BrFN3O2S. The number of hydrogen-bond acceptors (Lipinski definition) is 4. The molecule has 2 heterocycles. The summed E-state index contributed by atoms with van der Waals surface area (Å²) in [6.07, 6.45) is 2.07. The highest BCUT2D eigenvalue weighted by Crippen LogP contribution is 2.32. The van der Waals surface area contributed by atoms with Gasteiger partial charge in [-0.3, -0.25) is 4.68 Å². The molecule has 8 heteroatoms. The quantitative estimate of drug-likeness (QED) is 0.876. The topological polar surface area (TPSA) is 78.0 Å². The Labute approximate surface area is 130 Å². The summed E-state index contributed by atoms with van der Waals surface area (Å²) < 4.78 is 39.3. The first-order valence-corrected chi connectivity index (χ1v) is 8.97. The van der Waals surface area contributed by atoms with E-state index in [9.17, 15) is 12.8 Å². The Balaban J connectivity index is 2.01. The average molecular weight is 374 g/mol. The Morgan fingerprint density at radius 1 is 1.43 bits per heavy atom. The summed E-state index contributed by atoms with van der Waals surface area (Å²) in [6, 6.07) is 4.29. The summed E-state index contributed by atoms with van der Waals surface area (Å²) >= 11 is 3.28. The maximum absolute atomic E-state index is 13.9. The number of hydrogen-bond donors (Lipinski definition) is 1. The van der Waals surface area contributed by atoms with Crippen molar-refractivity contribution in [3.05, 3.63) is 34.7 Å². The highest BCUT2D eigenvalue weighted by molar-refractivity contribution is 9.10. The minimum atomic E-state index is -3.01. The van der Waals surface area contributed by atoms with E-state index in [0.717, 1.165) is 4.47 Å². The van der Waals surface area contributed by atoms with Crippen LogP contribution in [0.5, 0.6) is 0 Å². The molecule has 1 aromatic carbocycles. The van der Waals surface area contributed by atoms with Crippen LogP contribution >= 0.6 is 15.9 Å². The van der Waals surface area contributed by atoms with Crippen molar-refractivity contribution >= 4 is 31.5 Å². The van der Waals surface area contributed by atoms with Crippen LogP contribution in [0.3, 0.4) is 0 Å². The zero-order valence-corrected chi connectivity index (χ0v) is 13.4. The first kappa shape index (κ1) is 14.5. The molecule has 2 N–H and O–H groups in total. The first-order valence-electron chi connectivity index (χ1n) is 6.36. The molecule has 1 aliphatic heterocycles. The lowest BCUT2D eigenvalue weighted by Crippen LogP contribution is -2.11. The third-order valence-electron chi connectivity index (χ3n) is 3.53. The molecule has 1 aliphatic rings. The molecule has 5 nitrogen and oxygen atoms in total. The van der Waals surface area contributed by atoms with Gasteiger partial charge in [-0.2, -0.15) is 5.10 Å². The monoisotopic (exact) mass is 373 g/mol. The summed E-state index contributed by atoms with van der Waals surface area (Å²) in [7, 11) is -3.01. The van der Waals surface area contributed by atoms with Crippen LogP contribution in [-0.4, -0.2) is 29.7 Å². The largest absolute Gasteiger partial charge is 0.396 e. The van der Waals surface area contributed by atoms with Gasteiger partial charge < -0.3 is 5.73 Å². The van der Waals surface area contributed by atoms with Gasteiger partial charge in [0.05, 0.1) is 23.2 Å². The van der Waals surface area contributed by atoms with Gasteiger partial charge in [-0.05, 0) is 24.6 Å². The molecule has 1 atom stereocenters. The fraction of sp³-hybridized carbons (Fsp3) is 0.308. The van der Waals surface area contributed by atoms with Crippen LogP contribution in [0.15, 0.2) is 28.9 Å². The molecule has 2 aromatic rings. The summed E-state index contributed by atoms with van der Waals surface area (Å²) in [5.74, 6) is -0.221. The zero-order chi connectivity index (χ0) is 15.2. The molecule has 0 spiro atoms. The van der Waals surface area contributed by atoms with Gasteiger partial charge in [0.25, 0.3) is 0 Å². The number of anilines is 1. The predicted octanol–water partition coefficient (Wildman–Crippen LogP) is 2.39.